The zero-order valence-corrected chi connectivity index (χ0v) is 30.7. The third kappa shape index (κ3) is 7.09. The average molecular weight is 740 g/mol. The number of fused-ring (bicyclic) bond motifs is 2. The third-order valence-electron chi connectivity index (χ3n) is 10.6. The summed E-state index contributed by atoms with van der Waals surface area (Å²) in [6, 6.07) is 9.69. The molecular formula is C32H50Cl2HfSi2. The molecule has 6 aliphatic rings. The van der Waals surface area contributed by atoms with E-state index in [-0.39, 0.29) is 50.7 Å². The monoisotopic (exact) mass is 740 g/mol. The second-order valence-corrected chi connectivity index (χ2v) is 21.8. The van der Waals surface area contributed by atoms with Crippen LogP contribution in [0.15, 0.2) is 47.6 Å². The molecular weight excluding hydrogens is 690 g/mol. The molecule has 0 amide bonds. The van der Waals surface area contributed by atoms with Crippen molar-refractivity contribution < 1.29 is 50.7 Å². The molecule has 0 nitrogen and oxygen atoms in total. The molecule has 0 radical (unpaired) electrons. The maximum absolute atomic E-state index is 2.47. The van der Waals surface area contributed by atoms with Crippen LogP contribution < -0.4 is 24.8 Å². The van der Waals surface area contributed by atoms with E-state index in [1.54, 1.807) is 36.3 Å². The summed E-state index contributed by atoms with van der Waals surface area (Å²) in [6.07, 6.45) is 31.7. The van der Waals surface area contributed by atoms with E-state index in [2.05, 4.69) is 50.3 Å². The van der Waals surface area contributed by atoms with Crippen LogP contribution in [0.2, 0.25) is 36.3 Å². The molecule has 2 saturated heterocycles. The van der Waals surface area contributed by atoms with E-state index in [1.807, 2.05) is 22.2 Å². The molecule has 4 aliphatic carbocycles. The molecule has 0 aromatic rings. The van der Waals surface area contributed by atoms with E-state index in [9.17, 15) is 0 Å². The minimum absolute atomic E-state index is 0. The summed E-state index contributed by atoms with van der Waals surface area (Å²) in [5.41, 5.74) is 7.67. The molecule has 4 fully saturated rings. The van der Waals surface area contributed by atoms with Crippen molar-refractivity contribution in [2.45, 2.75) is 127 Å². The van der Waals surface area contributed by atoms with Crippen LogP contribution in [0.25, 0.3) is 0 Å². The second kappa shape index (κ2) is 15.5. The fraction of sp³-hybridized carbons (Fsp3) is 0.688. The predicted octanol–water partition coefficient (Wildman–Crippen LogP) is 4.10. The van der Waals surface area contributed by atoms with Crippen LogP contribution in [0, 0.1) is 22.9 Å². The molecule has 2 saturated carbocycles. The number of hydrogen-bond acceptors (Lipinski definition) is 0. The molecule has 6 rings (SSSR count). The van der Waals surface area contributed by atoms with Crippen molar-refractivity contribution in [3.05, 3.63) is 58.7 Å². The van der Waals surface area contributed by atoms with Crippen molar-refractivity contribution in [3.63, 3.8) is 0 Å². The molecule has 37 heavy (non-hydrogen) atoms. The third-order valence-corrected chi connectivity index (χ3v) is 22.1. The molecule has 2 atom stereocenters. The molecule has 0 N–H and O–H groups in total. The Kier molecular flexibility index (Phi) is 14.2. The van der Waals surface area contributed by atoms with E-state index in [1.165, 1.54) is 77.0 Å². The number of unbranched alkanes of at least 4 members (excludes halogenated alkanes) is 2. The van der Waals surface area contributed by atoms with Crippen molar-refractivity contribution >= 4 is 16.1 Å². The van der Waals surface area contributed by atoms with E-state index in [4.69, 9.17) is 0 Å². The van der Waals surface area contributed by atoms with Gasteiger partial charge in [0.2, 0.25) is 0 Å². The van der Waals surface area contributed by atoms with Crippen LogP contribution in [0.1, 0.15) is 90.9 Å². The van der Waals surface area contributed by atoms with Gasteiger partial charge in [-0.15, -0.1) is 24.3 Å². The predicted molar refractivity (Wildman–Crippen MR) is 155 cm³/mol. The molecule has 204 valence electrons. The number of rotatable bonds is 8. The van der Waals surface area contributed by atoms with Gasteiger partial charge in [-0.3, -0.25) is 0 Å². The Morgan fingerprint density at radius 2 is 1.11 bits per heavy atom. The van der Waals surface area contributed by atoms with Crippen molar-refractivity contribution in [1.82, 2.24) is 0 Å². The smallest absolute Gasteiger partial charge is 1.00 e. The van der Waals surface area contributed by atoms with Crippen LogP contribution in [0.4, 0.5) is 0 Å². The van der Waals surface area contributed by atoms with Gasteiger partial charge in [-0.05, 0) is 40.8 Å². The Labute approximate surface area is 262 Å². The molecule has 2 aliphatic heterocycles. The van der Waals surface area contributed by atoms with E-state index < -0.39 is 16.1 Å². The first-order valence-corrected chi connectivity index (χ1v) is 20.4. The van der Waals surface area contributed by atoms with Crippen LogP contribution in [-0.2, 0) is 25.8 Å². The number of halogens is 2. The second-order valence-electron chi connectivity index (χ2n) is 12.5. The Morgan fingerprint density at radius 1 is 0.703 bits per heavy atom. The first kappa shape index (κ1) is 33.8. The summed E-state index contributed by atoms with van der Waals surface area (Å²) in [4.78, 5) is 0. The van der Waals surface area contributed by atoms with E-state index >= 15 is 0 Å². The Balaban J connectivity index is 0.000000241. The van der Waals surface area contributed by atoms with Gasteiger partial charge in [0, 0.05) is 0 Å². The summed E-state index contributed by atoms with van der Waals surface area (Å²) < 4.78 is 0. The zero-order valence-electron chi connectivity index (χ0n) is 23.6. The van der Waals surface area contributed by atoms with E-state index in [0.717, 1.165) is 11.8 Å². The number of allylic oxidation sites excluding steroid dienone is 8. The fourth-order valence-electron chi connectivity index (χ4n) is 8.31. The first-order valence-electron chi connectivity index (χ1n) is 15.2. The maximum Gasteiger partial charge on any atom is 4.00 e. The van der Waals surface area contributed by atoms with Gasteiger partial charge in [-0.25, -0.2) is 34.4 Å². The van der Waals surface area contributed by atoms with Crippen LogP contribution in [0.3, 0.4) is 0 Å². The van der Waals surface area contributed by atoms with Gasteiger partial charge in [0.05, 0.1) is 0 Å². The zero-order chi connectivity index (χ0) is 23.4. The largest absolute Gasteiger partial charge is 4.00 e. The van der Waals surface area contributed by atoms with Gasteiger partial charge >= 0.3 is 25.8 Å². The molecule has 2 heterocycles. The Bertz CT molecular complexity index is 757. The van der Waals surface area contributed by atoms with Crippen LogP contribution >= 0.6 is 0 Å². The van der Waals surface area contributed by atoms with Gasteiger partial charge in [-0.1, -0.05) is 114 Å². The van der Waals surface area contributed by atoms with Gasteiger partial charge < -0.3 is 24.8 Å². The normalized spacial score (nSPS) is 27.4. The standard InChI is InChI=1S/2C16H25Si.2ClH.Hf/c2*1-2-3-11-17(12-6-13-17)16-10-9-14-7-4-5-8-15(14)16;;;/h2*4-5,8,14H,2-3,6-7,9-13H2,1H3;2*1H;/q2*-1;;;+4/p-2. The fourth-order valence-corrected chi connectivity index (χ4v) is 18.7. The molecule has 0 bridgehead atoms. The molecule has 0 aromatic heterocycles. The van der Waals surface area contributed by atoms with Gasteiger partial charge in [-0.2, -0.15) is 0 Å². The van der Waals surface area contributed by atoms with Crippen LogP contribution in [0.5, 0.6) is 0 Å². The van der Waals surface area contributed by atoms with Gasteiger partial charge in [0.15, 0.2) is 0 Å². The average Bonchev–Trinajstić information content (AvgIpc) is 3.44. The van der Waals surface area contributed by atoms with Crippen molar-refractivity contribution in [2.24, 2.45) is 11.8 Å². The minimum atomic E-state index is -0.924. The summed E-state index contributed by atoms with van der Waals surface area (Å²) in [7, 11) is -1.85. The molecule has 5 heteroatoms. The first-order chi connectivity index (χ1) is 16.7. The minimum Gasteiger partial charge on any atom is -1.00 e. The summed E-state index contributed by atoms with van der Waals surface area (Å²) in [5.74, 6) is 1.84. The quantitative estimate of drug-likeness (QED) is 0.260. The summed E-state index contributed by atoms with van der Waals surface area (Å²) in [6.45, 7) is 4.71. The summed E-state index contributed by atoms with van der Waals surface area (Å²) in [5, 5.41) is 0. The maximum atomic E-state index is 2.47. The topological polar surface area (TPSA) is 0 Å². The van der Waals surface area contributed by atoms with Crippen molar-refractivity contribution in [3.8, 4) is 0 Å². The van der Waals surface area contributed by atoms with Crippen molar-refractivity contribution in [1.29, 1.82) is 0 Å². The summed E-state index contributed by atoms with van der Waals surface area (Å²) >= 11 is 0. The van der Waals surface area contributed by atoms with Gasteiger partial charge in [0.1, 0.15) is 0 Å². The Morgan fingerprint density at radius 3 is 1.43 bits per heavy atom. The van der Waals surface area contributed by atoms with Crippen LogP contribution in [-0.4, -0.2) is 16.1 Å². The SMILES string of the molecule is CCCC[Si]1([C-]2CCC3CC=CC=C23)CCC1.CCCC[Si]1([C-]2CCC3CC=CC=C23)CCC1.[Cl-].[Cl-].[Hf+4]. The number of hydrogen-bond donors (Lipinski definition) is 0. The Hall–Kier alpha value is 0.584. The van der Waals surface area contributed by atoms with Gasteiger partial charge in [0.25, 0.3) is 0 Å². The molecule has 2 unspecified atom stereocenters. The molecule has 0 spiro atoms. The van der Waals surface area contributed by atoms with Crippen molar-refractivity contribution in [2.75, 3.05) is 0 Å². The molecule has 0 aromatic carbocycles. The van der Waals surface area contributed by atoms with E-state index in [0.29, 0.717) is 0 Å².